The summed E-state index contributed by atoms with van der Waals surface area (Å²) in [4.78, 5) is 15.1. The number of carbonyl (C=O) groups excluding carboxylic acids is 1. The highest BCUT2D eigenvalue weighted by Gasteiger charge is 2.08. The molecule has 1 amide bonds. The molecule has 3 nitrogen and oxygen atoms in total. The van der Waals surface area contributed by atoms with Crippen LogP contribution < -0.4 is 5.32 Å². The van der Waals surface area contributed by atoms with Gasteiger partial charge in [0.15, 0.2) is 0 Å². The van der Waals surface area contributed by atoms with Gasteiger partial charge >= 0.3 is 0 Å². The Bertz CT molecular complexity index is 333. The second-order valence-corrected chi connectivity index (χ2v) is 3.76. The third-order valence-electron chi connectivity index (χ3n) is 2.70. The monoisotopic (exact) mass is 224 g/mol. The Morgan fingerprint density at radius 1 is 1.44 bits per heavy atom. The molecule has 88 valence electrons. The molecule has 0 aliphatic carbocycles. The molecule has 0 aromatic carbocycles. The largest absolute Gasteiger partial charge is 0.352 e. The van der Waals surface area contributed by atoms with Gasteiger partial charge in [-0.2, -0.15) is 4.39 Å². The Kier molecular flexibility index (Phi) is 4.89. The zero-order chi connectivity index (χ0) is 12.0. The van der Waals surface area contributed by atoms with Gasteiger partial charge in [0.25, 0.3) is 5.91 Å². The van der Waals surface area contributed by atoms with E-state index in [4.69, 9.17) is 0 Å². The molecule has 0 aliphatic rings. The van der Waals surface area contributed by atoms with Crippen LogP contribution in [0.3, 0.4) is 0 Å². The van der Waals surface area contributed by atoms with Gasteiger partial charge in [-0.25, -0.2) is 4.98 Å². The quantitative estimate of drug-likeness (QED) is 0.780. The lowest BCUT2D eigenvalue weighted by Gasteiger charge is -2.12. The minimum atomic E-state index is -0.573. The number of hydrogen-bond acceptors (Lipinski definition) is 2. The van der Waals surface area contributed by atoms with Crippen molar-refractivity contribution < 1.29 is 9.18 Å². The maximum atomic E-state index is 12.5. The van der Waals surface area contributed by atoms with Crippen LogP contribution in [-0.4, -0.2) is 17.4 Å². The first kappa shape index (κ1) is 12.6. The van der Waals surface area contributed by atoms with E-state index >= 15 is 0 Å². The molecule has 0 bridgehead atoms. The van der Waals surface area contributed by atoms with Crippen molar-refractivity contribution in [3.63, 3.8) is 0 Å². The number of pyridine rings is 1. The van der Waals surface area contributed by atoms with E-state index in [2.05, 4.69) is 24.1 Å². The number of rotatable bonds is 5. The van der Waals surface area contributed by atoms with Crippen molar-refractivity contribution in [1.82, 2.24) is 10.3 Å². The fourth-order valence-corrected chi connectivity index (χ4v) is 1.43. The number of hydrogen-bond donors (Lipinski definition) is 1. The van der Waals surface area contributed by atoms with Crippen LogP contribution in [0.25, 0.3) is 0 Å². The van der Waals surface area contributed by atoms with Crippen LogP contribution in [0.5, 0.6) is 0 Å². The molecule has 1 rings (SSSR count). The molecule has 0 aliphatic heterocycles. The van der Waals surface area contributed by atoms with Crippen molar-refractivity contribution in [2.45, 2.75) is 26.7 Å². The molecule has 1 heterocycles. The van der Waals surface area contributed by atoms with Crippen LogP contribution in [0, 0.1) is 11.9 Å². The van der Waals surface area contributed by atoms with Crippen LogP contribution in [0.1, 0.15) is 37.0 Å². The molecular weight excluding hydrogens is 207 g/mol. The number of amides is 1. The highest BCUT2D eigenvalue weighted by Crippen LogP contribution is 2.06. The Morgan fingerprint density at radius 3 is 2.62 bits per heavy atom. The van der Waals surface area contributed by atoms with Crippen LogP contribution >= 0.6 is 0 Å². The lowest BCUT2D eigenvalue weighted by atomic mass is 10.0. The predicted octanol–water partition coefficient (Wildman–Crippen LogP) is 2.39. The van der Waals surface area contributed by atoms with E-state index in [1.54, 1.807) is 0 Å². The molecule has 4 heteroatoms. The summed E-state index contributed by atoms with van der Waals surface area (Å²) in [5, 5.41) is 2.82. The third-order valence-corrected chi connectivity index (χ3v) is 2.70. The SMILES string of the molecule is CCC(CC)CNC(=O)c1ccc(F)nc1. The van der Waals surface area contributed by atoms with E-state index in [0.29, 0.717) is 18.0 Å². The van der Waals surface area contributed by atoms with Gasteiger partial charge in [-0.05, 0) is 18.1 Å². The van der Waals surface area contributed by atoms with Gasteiger partial charge in [0, 0.05) is 12.7 Å². The summed E-state index contributed by atoms with van der Waals surface area (Å²) >= 11 is 0. The van der Waals surface area contributed by atoms with E-state index in [1.807, 2.05) is 0 Å². The molecule has 0 saturated carbocycles. The van der Waals surface area contributed by atoms with Gasteiger partial charge in [-0.3, -0.25) is 4.79 Å². The standard InChI is InChI=1S/C12H17FN2O/c1-3-9(4-2)7-15-12(16)10-5-6-11(13)14-8-10/h5-6,8-9H,3-4,7H2,1-2H3,(H,15,16). The van der Waals surface area contributed by atoms with Gasteiger partial charge in [0.05, 0.1) is 5.56 Å². The molecule has 0 radical (unpaired) electrons. The topological polar surface area (TPSA) is 42.0 Å². The highest BCUT2D eigenvalue weighted by atomic mass is 19.1. The first-order chi connectivity index (χ1) is 7.67. The van der Waals surface area contributed by atoms with Crippen LogP contribution in [-0.2, 0) is 0 Å². The van der Waals surface area contributed by atoms with Crippen LogP contribution in [0.4, 0.5) is 4.39 Å². The first-order valence-corrected chi connectivity index (χ1v) is 5.57. The molecule has 1 N–H and O–H groups in total. The molecule has 0 fully saturated rings. The number of carbonyl (C=O) groups is 1. The summed E-state index contributed by atoms with van der Waals surface area (Å²) < 4.78 is 12.5. The average molecular weight is 224 g/mol. The summed E-state index contributed by atoms with van der Waals surface area (Å²) in [6.45, 7) is 4.85. The maximum Gasteiger partial charge on any atom is 0.252 e. The van der Waals surface area contributed by atoms with Crippen molar-refractivity contribution in [2.24, 2.45) is 5.92 Å². The summed E-state index contributed by atoms with van der Waals surface area (Å²) in [6, 6.07) is 2.62. The first-order valence-electron chi connectivity index (χ1n) is 5.57. The summed E-state index contributed by atoms with van der Waals surface area (Å²) in [7, 11) is 0. The van der Waals surface area contributed by atoms with Crippen molar-refractivity contribution in [3.05, 3.63) is 29.8 Å². The Hall–Kier alpha value is -1.45. The molecule has 1 aromatic rings. The normalized spacial score (nSPS) is 10.5. The molecule has 16 heavy (non-hydrogen) atoms. The number of nitrogens with one attached hydrogen (secondary N) is 1. The van der Waals surface area contributed by atoms with Crippen molar-refractivity contribution in [2.75, 3.05) is 6.54 Å². The van der Waals surface area contributed by atoms with Gasteiger partial charge in [0.1, 0.15) is 0 Å². The van der Waals surface area contributed by atoms with E-state index in [-0.39, 0.29) is 5.91 Å². The zero-order valence-corrected chi connectivity index (χ0v) is 9.66. The highest BCUT2D eigenvalue weighted by molar-refractivity contribution is 5.93. The van der Waals surface area contributed by atoms with E-state index in [1.165, 1.54) is 18.3 Å². The van der Waals surface area contributed by atoms with Gasteiger partial charge < -0.3 is 5.32 Å². The lowest BCUT2D eigenvalue weighted by molar-refractivity contribution is 0.0946. The third kappa shape index (κ3) is 3.61. The van der Waals surface area contributed by atoms with E-state index < -0.39 is 5.95 Å². The minimum absolute atomic E-state index is 0.195. The second kappa shape index (κ2) is 6.20. The Balaban J connectivity index is 2.49. The predicted molar refractivity (Wildman–Crippen MR) is 60.6 cm³/mol. The number of nitrogens with zero attached hydrogens (tertiary/aromatic N) is 1. The molecule has 0 saturated heterocycles. The summed E-state index contributed by atoms with van der Waals surface area (Å²) in [6.07, 6.45) is 3.33. The van der Waals surface area contributed by atoms with Crippen LogP contribution in [0.15, 0.2) is 18.3 Å². The average Bonchev–Trinajstić information content (AvgIpc) is 2.31. The number of halogens is 1. The summed E-state index contributed by atoms with van der Waals surface area (Å²) in [5.41, 5.74) is 0.396. The lowest BCUT2D eigenvalue weighted by Crippen LogP contribution is -2.29. The Labute approximate surface area is 95.1 Å². The molecule has 0 unspecified atom stereocenters. The van der Waals surface area contributed by atoms with Gasteiger partial charge in [0.2, 0.25) is 5.95 Å². The molecule has 1 aromatic heterocycles. The smallest absolute Gasteiger partial charge is 0.252 e. The molecule has 0 atom stereocenters. The number of aromatic nitrogens is 1. The maximum absolute atomic E-state index is 12.5. The second-order valence-electron chi connectivity index (χ2n) is 3.76. The van der Waals surface area contributed by atoms with Crippen molar-refractivity contribution in [3.8, 4) is 0 Å². The zero-order valence-electron chi connectivity index (χ0n) is 9.66. The van der Waals surface area contributed by atoms with E-state index in [0.717, 1.165) is 12.8 Å². The minimum Gasteiger partial charge on any atom is -0.352 e. The fraction of sp³-hybridized carbons (Fsp3) is 0.500. The Morgan fingerprint density at radius 2 is 2.12 bits per heavy atom. The molecule has 0 spiro atoms. The van der Waals surface area contributed by atoms with E-state index in [9.17, 15) is 9.18 Å². The molecular formula is C12H17FN2O. The van der Waals surface area contributed by atoms with Gasteiger partial charge in [-0.1, -0.05) is 26.7 Å². The van der Waals surface area contributed by atoms with Crippen molar-refractivity contribution in [1.29, 1.82) is 0 Å². The van der Waals surface area contributed by atoms with Gasteiger partial charge in [-0.15, -0.1) is 0 Å². The summed E-state index contributed by atoms with van der Waals surface area (Å²) in [5.74, 6) is -0.270. The van der Waals surface area contributed by atoms with Crippen molar-refractivity contribution >= 4 is 5.91 Å². The fourth-order valence-electron chi connectivity index (χ4n) is 1.43. The van der Waals surface area contributed by atoms with Crippen LogP contribution in [0.2, 0.25) is 0 Å².